The molecule has 0 aromatic carbocycles. The topological polar surface area (TPSA) is 44.0 Å². The van der Waals surface area contributed by atoms with Crippen LogP contribution in [0.5, 0.6) is 0 Å². The fourth-order valence-corrected chi connectivity index (χ4v) is 1.42. The average Bonchev–Trinajstić information content (AvgIpc) is 2.74. The van der Waals surface area contributed by atoms with Crippen molar-refractivity contribution in [3.63, 3.8) is 0 Å². The summed E-state index contributed by atoms with van der Waals surface area (Å²) in [6.45, 7) is 6.57. The minimum Gasteiger partial charge on any atom is -0.315 e. The molecule has 2 N–H and O–H groups in total. The summed E-state index contributed by atoms with van der Waals surface area (Å²) in [6, 6.07) is 2.03. The zero-order valence-electron chi connectivity index (χ0n) is 9.79. The Morgan fingerprint density at radius 1 is 1.40 bits per heavy atom. The normalized spacial score (nSPS) is 11.1. The lowest BCUT2D eigenvalue weighted by Crippen LogP contribution is -2.31. The van der Waals surface area contributed by atoms with Crippen LogP contribution >= 0.6 is 0 Å². The Morgan fingerprint density at radius 3 is 2.93 bits per heavy atom. The summed E-state index contributed by atoms with van der Waals surface area (Å²) < 4.78 is 0. The molecule has 0 aliphatic rings. The van der Waals surface area contributed by atoms with Crippen LogP contribution in [0.25, 0.3) is 0 Å². The van der Waals surface area contributed by atoms with Crippen LogP contribution in [0.4, 0.5) is 0 Å². The molecule has 4 heteroatoms. The SMILES string of the molecule is CCCNCCN(C)CCc1ccn[nH]1. The van der Waals surface area contributed by atoms with E-state index in [1.807, 2.05) is 6.07 Å². The molecule has 0 fully saturated rings. The molecule has 0 bridgehead atoms. The Hall–Kier alpha value is -0.870. The van der Waals surface area contributed by atoms with Gasteiger partial charge >= 0.3 is 0 Å². The van der Waals surface area contributed by atoms with Gasteiger partial charge in [-0.2, -0.15) is 5.10 Å². The quantitative estimate of drug-likeness (QED) is 0.626. The van der Waals surface area contributed by atoms with Gasteiger partial charge in [-0.25, -0.2) is 0 Å². The first-order valence-corrected chi connectivity index (χ1v) is 5.70. The van der Waals surface area contributed by atoms with E-state index in [4.69, 9.17) is 0 Å². The molecular formula is C11H22N4. The van der Waals surface area contributed by atoms with Gasteiger partial charge in [-0.3, -0.25) is 5.10 Å². The number of rotatable bonds is 8. The number of nitrogens with zero attached hydrogens (tertiary/aromatic N) is 2. The average molecular weight is 210 g/mol. The molecule has 0 atom stereocenters. The van der Waals surface area contributed by atoms with E-state index in [-0.39, 0.29) is 0 Å². The van der Waals surface area contributed by atoms with Crippen molar-refractivity contribution >= 4 is 0 Å². The number of nitrogens with one attached hydrogen (secondary N) is 2. The summed E-state index contributed by atoms with van der Waals surface area (Å²) in [5.74, 6) is 0. The number of likely N-dealkylation sites (N-methyl/N-ethyl adjacent to an activating group) is 1. The van der Waals surface area contributed by atoms with Gasteiger partial charge in [0, 0.05) is 37.9 Å². The highest BCUT2D eigenvalue weighted by Gasteiger charge is 1.99. The highest BCUT2D eigenvalue weighted by atomic mass is 15.1. The van der Waals surface area contributed by atoms with Crippen LogP contribution < -0.4 is 5.32 Å². The first-order valence-electron chi connectivity index (χ1n) is 5.70. The van der Waals surface area contributed by atoms with Crippen molar-refractivity contribution in [3.8, 4) is 0 Å². The second kappa shape index (κ2) is 7.43. The standard InChI is InChI=1S/C11H22N4/c1-3-6-12-8-10-15(2)9-5-11-4-7-13-14-11/h4,7,12H,3,5-6,8-10H2,1-2H3,(H,13,14). The van der Waals surface area contributed by atoms with Crippen LogP contribution in [0.3, 0.4) is 0 Å². The van der Waals surface area contributed by atoms with Crippen LogP contribution in [-0.4, -0.2) is 48.3 Å². The van der Waals surface area contributed by atoms with Crippen LogP contribution in [0.2, 0.25) is 0 Å². The predicted octanol–water partition coefficient (Wildman–Crippen LogP) is 0.884. The van der Waals surface area contributed by atoms with E-state index in [0.717, 1.165) is 32.6 Å². The Bertz CT molecular complexity index is 233. The van der Waals surface area contributed by atoms with Gasteiger partial charge in [0.15, 0.2) is 0 Å². The first kappa shape index (κ1) is 12.2. The fraction of sp³-hybridized carbons (Fsp3) is 0.727. The maximum atomic E-state index is 3.93. The van der Waals surface area contributed by atoms with Crippen LogP contribution in [0.1, 0.15) is 19.0 Å². The van der Waals surface area contributed by atoms with Crippen molar-refractivity contribution < 1.29 is 0 Å². The fourth-order valence-electron chi connectivity index (χ4n) is 1.42. The first-order chi connectivity index (χ1) is 7.33. The van der Waals surface area contributed by atoms with E-state index in [2.05, 4.69) is 34.4 Å². The molecule has 0 aliphatic heterocycles. The summed E-state index contributed by atoms with van der Waals surface area (Å²) in [7, 11) is 2.16. The summed E-state index contributed by atoms with van der Waals surface area (Å²) in [5, 5.41) is 10.3. The lowest BCUT2D eigenvalue weighted by Gasteiger charge is -2.16. The zero-order valence-corrected chi connectivity index (χ0v) is 9.79. The molecule has 1 rings (SSSR count). The Morgan fingerprint density at radius 2 is 2.27 bits per heavy atom. The summed E-state index contributed by atoms with van der Waals surface area (Å²) in [4.78, 5) is 2.34. The van der Waals surface area contributed by atoms with Gasteiger partial charge < -0.3 is 10.2 Å². The molecule has 1 aromatic rings. The van der Waals surface area contributed by atoms with Gasteiger partial charge in [-0.1, -0.05) is 6.92 Å². The maximum absolute atomic E-state index is 3.93. The predicted molar refractivity (Wildman–Crippen MR) is 62.9 cm³/mol. The Kier molecular flexibility index (Phi) is 6.04. The zero-order chi connectivity index (χ0) is 10.9. The second-order valence-electron chi connectivity index (χ2n) is 3.89. The summed E-state index contributed by atoms with van der Waals surface area (Å²) in [5.41, 5.74) is 1.21. The number of hydrogen-bond donors (Lipinski definition) is 2. The molecule has 15 heavy (non-hydrogen) atoms. The van der Waals surface area contributed by atoms with Gasteiger partial charge in [0.25, 0.3) is 0 Å². The van der Waals surface area contributed by atoms with E-state index >= 15 is 0 Å². The van der Waals surface area contributed by atoms with E-state index in [1.54, 1.807) is 6.20 Å². The van der Waals surface area contributed by atoms with Crippen LogP contribution in [0, 0.1) is 0 Å². The van der Waals surface area contributed by atoms with E-state index in [0.29, 0.717) is 0 Å². The Balaban J connectivity index is 2.01. The molecule has 0 unspecified atom stereocenters. The highest BCUT2D eigenvalue weighted by molar-refractivity contribution is 4.97. The van der Waals surface area contributed by atoms with Crippen molar-refractivity contribution in [2.45, 2.75) is 19.8 Å². The second-order valence-corrected chi connectivity index (χ2v) is 3.89. The minimum atomic E-state index is 1.05. The van der Waals surface area contributed by atoms with Crippen molar-refractivity contribution in [1.82, 2.24) is 20.4 Å². The molecule has 0 spiro atoms. The largest absolute Gasteiger partial charge is 0.315 e. The molecule has 0 amide bonds. The van der Waals surface area contributed by atoms with Gasteiger partial charge in [0.1, 0.15) is 0 Å². The minimum absolute atomic E-state index is 1.05. The molecular weight excluding hydrogens is 188 g/mol. The van der Waals surface area contributed by atoms with Gasteiger partial charge in [-0.05, 0) is 26.1 Å². The molecule has 0 saturated carbocycles. The van der Waals surface area contributed by atoms with Crippen molar-refractivity contribution in [1.29, 1.82) is 0 Å². The Labute approximate surface area is 92.1 Å². The molecule has 0 saturated heterocycles. The lowest BCUT2D eigenvalue weighted by atomic mass is 10.3. The maximum Gasteiger partial charge on any atom is 0.0490 e. The third-order valence-electron chi connectivity index (χ3n) is 2.42. The van der Waals surface area contributed by atoms with Crippen LogP contribution in [-0.2, 0) is 6.42 Å². The van der Waals surface area contributed by atoms with Crippen molar-refractivity contribution in [2.75, 3.05) is 33.2 Å². The van der Waals surface area contributed by atoms with Gasteiger partial charge in [-0.15, -0.1) is 0 Å². The van der Waals surface area contributed by atoms with Crippen molar-refractivity contribution in [2.24, 2.45) is 0 Å². The number of H-pyrrole nitrogens is 1. The molecule has 0 aliphatic carbocycles. The summed E-state index contributed by atoms with van der Waals surface area (Å²) >= 11 is 0. The van der Waals surface area contributed by atoms with Crippen molar-refractivity contribution in [3.05, 3.63) is 18.0 Å². The van der Waals surface area contributed by atoms with Gasteiger partial charge in [0.05, 0.1) is 0 Å². The number of aromatic amines is 1. The van der Waals surface area contributed by atoms with E-state index in [9.17, 15) is 0 Å². The highest BCUT2D eigenvalue weighted by Crippen LogP contribution is 1.94. The summed E-state index contributed by atoms with van der Waals surface area (Å²) in [6.07, 6.45) is 4.06. The smallest absolute Gasteiger partial charge is 0.0490 e. The van der Waals surface area contributed by atoms with E-state index in [1.165, 1.54) is 12.1 Å². The molecule has 0 radical (unpaired) electrons. The monoisotopic (exact) mass is 210 g/mol. The van der Waals surface area contributed by atoms with Crippen LogP contribution in [0.15, 0.2) is 12.3 Å². The van der Waals surface area contributed by atoms with Gasteiger partial charge in [0.2, 0.25) is 0 Å². The molecule has 1 aromatic heterocycles. The molecule has 86 valence electrons. The number of aromatic nitrogens is 2. The molecule has 4 nitrogen and oxygen atoms in total. The lowest BCUT2D eigenvalue weighted by molar-refractivity contribution is 0.334. The van der Waals surface area contributed by atoms with E-state index < -0.39 is 0 Å². The molecule has 1 heterocycles. The third-order valence-corrected chi connectivity index (χ3v) is 2.42. The third kappa shape index (κ3) is 5.54. The number of hydrogen-bond acceptors (Lipinski definition) is 3.